The molecular weight excluding hydrogens is 414 g/mol. The third-order valence-corrected chi connectivity index (χ3v) is 5.62. The van der Waals surface area contributed by atoms with E-state index in [0.29, 0.717) is 29.1 Å². The zero-order valence-electron chi connectivity index (χ0n) is 17.3. The number of anilines is 2. The van der Waals surface area contributed by atoms with Gasteiger partial charge in [0.25, 0.3) is 0 Å². The lowest BCUT2D eigenvalue weighted by atomic mass is 10.1. The number of carboxylic acid groups (broad SMARTS) is 1. The van der Waals surface area contributed by atoms with Crippen LogP contribution < -0.4 is 10.1 Å². The average Bonchev–Trinajstić information content (AvgIpc) is 3.45. The topological polar surface area (TPSA) is 102 Å². The van der Waals surface area contributed by atoms with Crippen molar-refractivity contribution in [3.8, 4) is 22.0 Å². The Morgan fingerprint density at radius 1 is 1.29 bits per heavy atom. The van der Waals surface area contributed by atoms with Crippen LogP contribution in [0.25, 0.3) is 16.3 Å². The standard InChI is InChI=1S/C22H21N5O3S/c1-4-15-19(18-6-5-9-31-18)25-22(26-20(15)21(28)29)24-14-7-8-16(17(10-14)30-3)27-11-13(2)23-12-27/h5-12H,4H2,1-3H3,(H,28,29)(H,24,25,26). The summed E-state index contributed by atoms with van der Waals surface area (Å²) in [5.74, 6) is -0.237. The van der Waals surface area contributed by atoms with Gasteiger partial charge in [-0.15, -0.1) is 11.3 Å². The fraction of sp³-hybridized carbons (Fsp3) is 0.182. The molecule has 0 saturated heterocycles. The normalized spacial score (nSPS) is 10.8. The van der Waals surface area contributed by atoms with E-state index in [1.165, 1.54) is 11.3 Å². The third kappa shape index (κ3) is 4.13. The van der Waals surface area contributed by atoms with Crippen LogP contribution in [0.2, 0.25) is 0 Å². The minimum atomic E-state index is -1.08. The molecule has 3 heterocycles. The quantitative estimate of drug-likeness (QED) is 0.433. The van der Waals surface area contributed by atoms with Gasteiger partial charge in [-0.2, -0.15) is 0 Å². The predicted molar refractivity (Wildman–Crippen MR) is 120 cm³/mol. The first kappa shape index (κ1) is 20.5. The molecule has 4 aromatic rings. The molecule has 0 unspecified atom stereocenters. The van der Waals surface area contributed by atoms with Crippen LogP contribution in [0.3, 0.4) is 0 Å². The monoisotopic (exact) mass is 435 g/mol. The Morgan fingerprint density at radius 3 is 2.74 bits per heavy atom. The second-order valence-corrected chi connectivity index (χ2v) is 7.74. The molecule has 0 fully saturated rings. The van der Waals surface area contributed by atoms with Crippen molar-refractivity contribution in [1.29, 1.82) is 0 Å². The van der Waals surface area contributed by atoms with Gasteiger partial charge < -0.3 is 19.7 Å². The van der Waals surface area contributed by atoms with Gasteiger partial charge in [0.1, 0.15) is 5.75 Å². The summed E-state index contributed by atoms with van der Waals surface area (Å²) in [5, 5.41) is 14.8. The van der Waals surface area contributed by atoms with E-state index in [4.69, 9.17) is 4.74 Å². The van der Waals surface area contributed by atoms with E-state index in [1.54, 1.807) is 13.4 Å². The van der Waals surface area contributed by atoms with Crippen molar-refractivity contribution >= 4 is 28.9 Å². The number of hydrogen-bond acceptors (Lipinski definition) is 7. The number of nitrogens with one attached hydrogen (secondary N) is 1. The van der Waals surface area contributed by atoms with Gasteiger partial charge in [0.2, 0.25) is 5.95 Å². The molecule has 0 amide bonds. The fourth-order valence-corrected chi connectivity index (χ4v) is 4.06. The highest BCUT2D eigenvalue weighted by Crippen LogP contribution is 2.32. The van der Waals surface area contributed by atoms with Gasteiger partial charge in [-0.1, -0.05) is 13.0 Å². The average molecular weight is 436 g/mol. The maximum atomic E-state index is 11.9. The molecular formula is C22H21N5O3S. The van der Waals surface area contributed by atoms with Gasteiger partial charge in [0.05, 0.1) is 35.4 Å². The Hall–Kier alpha value is -3.72. The smallest absolute Gasteiger partial charge is 0.355 e. The lowest BCUT2D eigenvalue weighted by Crippen LogP contribution is -2.11. The van der Waals surface area contributed by atoms with Crippen LogP contribution in [0, 0.1) is 6.92 Å². The van der Waals surface area contributed by atoms with Crippen LogP contribution in [-0.2, 0) is 6.42 Å². The Kier molecular flexibility index (Phi) is 5.68. The van der Waals surface area contributed by atoms with Crippen LogP contribution in [0.15, 0.2) is 48.2 Å². The Labute approximate surface area is 183 Å². The summed E-state index contributed by atoms with van der Waals surface area (Å²) in [4.78, 5) is 25.9. The number of carbonyl (C=O) groups is 1. The van der Waals surface area contributed by atoms with Crippen LogP contribution in [0.1, 0.15) is 28.7 Å². The second-order valence-electron chi connectivity index (χ2n) is 6.79. The van der Waals surface area contributed by atoms with Gasteiger partial charge in [-0.05, 0) is 36.9 Å². The van der Waals surface area contributed by atoms with E-state index in [0.717, 1.165) is 16.3 Å². The minimum Gasteiger partial charge on any atom is -0.494 e. The molecule has 9 heteroatoms. The molecule has 3 aromatic heterocycles. The number of rotatable bonds is 7. The highest BCUT2D eigenvalue weighted by molar-refractivity contribution is 7.13. The van der Waals surface area contributed by atoms with Gasteiger partial charge in [0, 0.05) is 23.5 Å². The molecule has 158 valence electrons. The van der Waals surface area contributed by atoms with Gasteiger partial charge in [0.15, 0.2) is 5.69 Å². The number of ether oxygens (including phenoxy) is 1. The molecule has 4 rings (SSSR count). The van der Waals surface area contributed by atoms with Crippen molar-refractivity contribution < 1.29 is 14.6 Å². The van der Waals surface area contributed by atoms with Gasteiger partial charge in [-0.25, -0.2) is 19.7 Å². The van der Waals surface area contributed by atoms with Gasteiger partial charge >= 0.3 is 5.97 Å². The molecule has 0 spiro atoms. The summed E-state index contributed by atoms with van der Waals surface area (Å²) in [6.07, 6.45) is 4.14. The lowest BCUT2D eigenvalue weighted by Gasteiger charge is -2.14. The maximum absolute atomic E-state index is 11.9. The summed E-state index contributed by atoms with van der Waals surface area (Å²) >= 11 is 1.51. The summed E-state index contributed by atoms with van der Waals surface area (Å²) < 4.78 is 7.42. The summed E-state index contributed by atoms with van der Waals surface area (Å²) in [7, 11) is 1.59. The van der Waals surface area contributed by atoms with E-state index in [9.17, 15) is 9.90 Å². The van der Waals surface area contributed by atoms with Crippen molar-refractivity contribution in [1.82, 2.24) is 19.5 Å². The zero-order valence-corrected chi connectivity index (χ0v) is 18.1. The molecule has 0 aliphatic rings. The molecule has 0 atom stereocenters. The van der Waals surface area contributed by atoms with E-state index in [-0.39, 0.29) is 11.6 Å². The largest absolute Gasteiger partial charge is 0.494 e. The number of imidazole rings is 1. The number of methoxy groups -OCH3 is 1. The van der Waals surface area contributed by atoms with E-state index in [2.05, 4.69) is 20.3 Å². The highest BCUT2D eigenvalue weighted by atomic mass is 32.1. The Bertz CT molecular complexity index is 1230. The summed E-state index contributed by atoms with van der Waals surface area (Å²) in [6, 6.07) is 9.40. The SMILES string of the molecule is CCc1c(C(=O)O)nc(Nc2ccc(-n3cnc(C)c3)c(OC)c2)nc1-c1cccs1. The first-order chi connectivity index (χ1) is 15.0. The van der Waals surface area contributed by atoms with Gasteiger partial charge in [-0.3, -0.25) is 0 Å². The van der Waals surface area contributed by atoms with Crippen molar-refractivity contribution in [2.24, 2.45) is 0 Å². The number of hydrogen-bond donors (Lipinski definition) is 2. The number of benzene rings is 1. The third-order valence-electron chi connectivity index (χ3n) is 4.74. The van der Waals surface area contributed by atoms with E-state index in [1.807, 2.05) is 60.3 Å². The van der Waals surface area contributed by atoms with Crippen molar-refractivity contribution in [3.63, 3.8) is 0 Å². The van der Waals surface area contributed by atoms with Crippen LogP contribution in [0.4, 0.5) is 11.6 Å². The number of nitrogens with zero attached hydrogens (tertiary/aromatic N) is 4. The first-order valence-corrected chi connectivity index (χ1v) is 10.5. The zero-order chi connectivity index (χ0) is 22.0. The lowest BCUT2D eigenvalue weighted by molar-refractivity contribution is 0.0689. The van der Waals surface area contributed by atoms with Crippen LogP contribution in [0.5, 0.6) is 5.75 Å². The Balaban J connectivity index is 1.74. The summed E-state index contributed by atoms with van der Waals surface area (Å²) in [5.41, 5.74) is 3.65. The molecule has 0 aliphatic carbocycles. The number of carboxylic acids is 1. The number of aryl methyl sites for hydroxylation is 1. The number of thiophene rings is 1. The molecule has 31 heavy (non-hydrogen) atoms. The summed E-state index contributed by atoms with van der Waals surface area (Å²) in [6.45, 7) is 3.82. The van der Waals surface area contributed by atoms with E-state index >= 15 is 0 Å². The number of aromatic nitrogens is 4. The minimum absolute atomic E-state index is 0.000811. The van der Waals surface area contributed by atoms with Crippen LogP contribution in [-0.4, -0.2) is 37.7 Å². The molecule has 1 aromatic carbocycles. The number of aromatic carboxylic acids is 1. The van der Waals surface area contributed by atoms with Crippen molar-refractivity contribution in [3.05, 3.63) is 65.2 Å². The fourth-order valence-electron chi connectivity index (χ4n) is 3.32. The second kappa shape index (κ2) is 8.57. The molecule has 8 nitrogen and oxygen atoms in total. The first-order valence-electron chi connectivity index (χ1n) is 9.64. The van der Waals surface area contributed by atoms with Crippen molar-refractivity contribution in [2.45, 2.75) is 20.3 Å². The Morgan fingerprint density at radius 2 is 2.13 bits per heavy atom. The maximum Gasteiger partial charge on any atom is 0.355 e. The molecule has 0 bridgehead atoms. The van der Waals surface area contributed by atoms with Crippen LogP contribution >= 0.6 is 11.3 Å². The predicted octanol–water partition coefficient (Wildman–Crippen LogP) is 4.71. The molecule has 0 aliphatic heterocycles. The molecule has 0 radical (unpaired) electrons. The highest BCUT2D eigenvalue weighted by Gasteiger charge is 2.20. The van der Waals surface area contributed by atoms with E-state index < -0.39 is 5.97 Å². The molecule has 2 N–H and O–H groups in total. The van der Waals surface area contributed by atoms with Crippen molar-refractivity contribution in [2.75, 3.05) is 12.4 Å². The molecule has 0 saturated carbocycles.